The van der Waals surface area contributed by atoms with Crippen LogP contribution in [0.3, 0.4) is 0 Å². The molecule has 3 nitrogen and oxygen atoms in total. The number of allylic oxidation sites excluding steroid dienone is 1. The van der Waals surface area contributed by atoms with E-state index in [0.29, 0.717) is 22.8 Å². The summed E-state index contributed by atoms with van der Waals surface area (Å²) >= 11 is 3.04. The predicted molar refractivity (Wildman–Crippen MR) is 99.4 cm³/mol. The number of rotatable bonds is 6. The topological polar surface area (TPSA) is 34.9 Å². The van der Waals surface area contributed by atoms with Gasteiger partial charge in [-0.1, -0.05) is 36.9 Å². The molecule has 0 bridgehead atoms. The molecule has 0 saturated carbocycles. The summed E-state index contributed by atoms with van der Waals surface area (Å²) in [6.07, 6.45) is 2.59. The highest BCUT2D eigenvalue weighted by Crippen LogP contribution is 2.26. The number of benzene rings is 1. The molecule has 0 fully saturated rings. The average Bonchev–Trinajstić information content (AvgIpc) is 3.01. The van der Waals surface area contributed by atoms with Crippen LogP contribution >= 0.6 is 23.1 Å². The van der Waals surface area contributed by atoms with Crippen LogP contribution in [0.4, 0.5) is 4.39 Å². The van der Waals surface area contributed by atoms with E-state index in [1.807, 2.05) is 6.07 Å². The predicted octanol–water partition coefficient (Wildman–Crippen LogP) is 4.64. The summed E-state index contributed by atoms with van der Waals surface area (Å²) in [6.45, 7) is 6.22. The standard InChI is InChI=1S/C18H17FN2OS2/c1-3-9-21-17(22)15-10-14(4-2)24-16(15)20-18(21)23-11-12-5-7-13(19)8-6-12/h3,5-8,10H,1,4,9,11H2,2H3. The van der Waals surface area contributed by atoms with E-state index in [1.54, 1.807) is 34.1 Å². The lowest BCUT2D eigenvalue weighted by atomic mass is 10.2. The second-order valence-corrected chi connectivity index (χ2v) is 7.36. The van der Waals surface area contributed by atoms with Crippen molar-refractivity contribution in [3.8, 4) is 0 Å². The number of hydrogen-bond acceptors (Lipinski definition) is 4. The fraction of sp³-hybridized carbons (Fsp3) is 0.222. The third kappa shape index (κ3) is 3.44. The van der Waals surface area contributed by atoms with Crippen molar-refractivity contribution < 1.29 is 4.39 Å². The molecule has 0 aliphatic carbocycles. The molecular weight excluding hydrogens is 343 g/mol. The van der Waals surface area contributed by atoms with Gasteiger partial charge in [-0.2, -0.15) is 0 Å². The molecule has 1 aromatic carbocycles. The molecule has 0 N–H and O–H groups in total. The Morgan fingerprint density at radius 3 is 2.79 bits per heavy atom. The summed E-state index contributed by atoms with van der Waals surface area (Å²) in [5.74, 6) is 0.374. The highest BCUT2D eigenvalue weighted by molar-refractivity contribution is 7.98. The molecule has 0 aliphatic rings. The summed E-state index contributed by atoms with van der Waals surface area (Å²) < 4.78 is 14.7. The van der Waals surface area contributed by atoms with Gasteiger partial charge in [-0.15, -0.1) is 17.9 Å². The first-order valence-electron chi connectivity index (χ1n) is 7.63. The Morgan fingerprint density at radius 2 is 2.12 bits per heavy atom. The summed E-state index contributed by atoms with van der Waals surface area (Å²) in [5, 5.41) is 1.34. The summed E-state index contributed by atoms with van der Waals surface area (Å²) in [4.78, 5) is 19.4. The molecule has 0 spiro atoms. The Balaban J connectivity index is 1.98. The van der Waals surface area contributed by atoms with E-state index in [9.17, 15) is 9.18 Å². The molecule has 0 saturated heterocycles. The zero-order chi connectivity index (χ0) is 17.1. The number of aromatic nitrogens is 2. The number of fused-ring (bicyclic) bond motifs is 1. The molecule has 24 heavy (non-hydrogen) atoms. The molecule has 0 radical (unpaired) electrons. The van der Waals surface area contributed by atoms with Crippen molar-refractivity contribution in [3.05, 3.63) is 69.6 Å². The normalized spacial score (nSPS) is 11.1. The number of halogens is 1. The van der Waals surface area contributed by atoms with Gasteiger partial charge in [0.15, 0.2) is 5.16 Å². The fourth-order valence-corrected chi connectivity index (χ4v) is 4.32. The van der Waals surface area contributed by atoms with Gasteiger partial charge in [-0.3, -0.25) is 9.36 Å². The number of nitrogens with zero attached hydrogens (tertiary/aromatic N) is 2. The Bertz CT molecular complexity index is 929. The van der Waals surface area contributed by atoms with E-state index in [4.69, 9.17) is 0 Å². The van der Waals surface area contributed by atoms with Gasteiger partial charge in [-0.05, 0) is 30.2 Å². The monoisotopic (exact) mass is 360 g/mol. The largest absolute Gasteiger partial charge is 0.283 e. The van der Waals surface area contributed by atoms with Crippen LogP contribution < -0.4 is 5.56 Å². The molecule has 0 aliphatic heterocycles. The van der Waals surface area contributed by atoms with E-state index >= 15 is 0 Å². The maximum Gasteiger partial charge on any atom is 0.263 e. The average molecular weight is 360 g/mol. The van der Waals surface area contributed by atoms with Crippen molar-refractivity contribution in [3.63, 3.8) is 0 Å². The van der Waals surface area contributed by atoms with Crippen LogP contribution in [-0.4, -0.2) is 9.55 Å². The highest BCUT2D eigenvalue weighted by atomic mass is 32.2. The van der Waals surface area contributed by atoms with Crippen molar-refractivity contribution >= 4 is 33.3 Å². The van der Waals surface area contributed by atoms with E-state index < -0.39 is 0 Å². The van der Waals surface area contributed by atoms with Crippen LogP contribution in [-0.2, 0) is 18.7 Å². The third-order valence-electron chi connectivity index (χ3n) is 3.61. The zero-order valence-electron chi connectivity index (χ0n) is 13.3. The number of aryl methyl sites for hydroxylation is 1. The van der Waals surface area contributed by atoms with Crippen molar-refractivity contribution in [2.45, 2.75) is 30.8 Å². The maximum atomic E-state index is 13.0. The SMILES string of the molecule is C=CCn1c(SCc2ccc(F)cc2)nc2sc(CC)cc2c1=O. The van der Waals surface area contributed by atoms with Crippen LogP contribution in [0, 0.1) is 5.82 Å². The first kappa shape index (κ1) is 16.9. The molecule has 2 heterocycles. The summed E-state index contributed by atoms with van der Waals surface area (Å²) in [7, 11) is 0. The third-order valence-corrected chi connectivity index (χ3v) is 5.83. The lowest BCUT2D eigenvalue weighted by Crippen LogP contribution is -2.22. The lowest BCUT2D eigenvalue weighted by Gasteiger charge is -2.10. The van der Waals surface area contributed by atoms with Crippen LogP contribution in [0.5, 0.6) is 0 Å². The van der Waals surface area contributed by atoms with Gasteiger partial charge >= 0.3 is 0 Å². The maximum absolute atomic E-state index is 13.0. The van der Waals surface area contributed by atoms with Crippen molar-refractivity contribution in [2.75, 3.05) is 0 Å². The Labute approximate surface area is 147 Å². The fourth-order valence-electron chi connectivity index (χ4n) is 2.35. The molecular formula is C18H17FN2OS2. The van der Waals surface area contributed by atoms with Crippen molar-refractivity contribution in [1.29, 1.82) is 0 Å². The van der Waals surface area contributed by atoms with Gasteiger partial charge in [0, 0.05) is 17.2 Å². The molecule has 0 atom stereocenters. The molecule has 0 unspecified atom stereocenters. The van der Waals surface area contributed by atoms with E-state index in [2.05, 4.69) is 18.5 Å². The number of hydrogen-bond donors (Lipinski definition) is 0. The van der Waals surface area contributed by atoms with Crippen LogP contribution in [0.25, 0.3) is 10.2 Å². The minimum Gasteiger partial charge on any atom is -0.283 e. The smallest absolute Gasteiger partial charge is 0.263 e. The van der Waals surface area contributed by atoms with Gasteiger partial charge in [0.25, 0.3) is 5.56 Å². The second kappa shape index (κ2) is 7.32. The van der Waals surface area contributed by atoms with Crippen LogP contribution in [0.1, 0.15) is 17.4 Å². The van der Waals surface area contributed by atoms with Gasteiger partial charge in [0.05, 0.1) is 5.39 Å². The van der Waals surface area contributed by atoms with Crippen LogP contribution in [0.15, 0.2) is 52.9 Å². The minimum absolute atomic E-state index is 0.0301. The Kier molecular flexibility index (Phi) is 5.16. The molecule has 2 aromatic heterocycles. The molecule has 124 valence electrons. The number of thioether (sulfide) groups is 1. The quantitative estimate of drug-likeness (QED) is 0.365. The first-order valence-corrected chi connectivity index (χ1v) is 9.44. The summed E-state index contributed by atoms with van der Waals surface area (Å²) in [6, 6.07) is 8.31. The lowest BCUT2D eigenvalue weighted by molar-refractivity contribution is 0.627. The van der Waals surface area contributed by atoms with Gasteiger partial charge < -0.3 is 0 Å². The molecule has 3 aromatic rings. The second-order valence-electron chi connectivity index (χ2n) is 5.30. The van der Waals surface area contributed by atoms with Crippen LogP contribution in [0.2, 0.25) is 0 Å². The molecule has 0 amide bonds. The Hall–Kier alpha value is -1.92. The van der Waals surface area contributed by atoms with Gasteiger partial charge in [0.2, 0.25) is 0 Å². The highest BCUT2D eigenvalue weighted by Gasteiger charge is 2.13. The zero-order valence-corrected chi connectivity index (χ0v) is 14.9. The Morgan fingerprint density at radius 1 is 1.38 bits per heavy atom. The van der Waals surface area contributed by atoms with Crippen molar-refractivity contribution in [1.82, 2.24) is 9.55 Å². The van der Waals surface area contributed by atoms with Gasteiger partial charge in [-0.25, -0.2) is 9.37 Å². The van der Waals surface area contributed by atoms with E-state index in [0.717, 1.165) is 21.7 Å². The van der Waals surface area contributed by atoms with E-state index in [1.165, 1.54) is 23.9 Å². The molecule has 3 rings (SSSR count). The van der Waals surface area contributed by atoms with Crippen molar-refractivity contribution in [2.24, 2.45) is 0 Å². The van der Waals surface area contributed by atoms with E-state index in [-0.39, 0.29) is 11.4 Å². The first-order chi connectivity index (χ1) is 11.6. The minimum atomic E-state index is -0.252. The number of thiophene rings is 1. The molecule has 6 heteroatoms. The summed E-state index contributed by atoms with van der Waals surface area (Å²) in [5.41, 5.74) is 0.957. The van der Waals surface area contributed by atoms with Gasteiger partial charge in [0.1, 0.15) is 10.6 Å².